The number of halogens is 1. The fourth-order valence-electron chi connectivity index (χ4n) is 0.303. The lowest BCUT2D eigenvalue weighted by Crippen LogP contribution is -2.32. The van der Waals surface area contributed by atoms with Gasteiger partial charge in [-0.05, 0) is 11.8 Å². The van der Waals surface area contributed by atoms with Gasteiger partial charge in [-0.15, -0.1) is 24.2 Å². The highest BCUT2D eigenvalue weighted by Gasteiger charge is 2.10. The van der Waals surface area contributed by atoms with Crippen LogP contribution in [0.15, 0.2) is 11.5 Å². The van der Waals surface area contributed by atoms with E-state index >= 15 is 0 Å². The summed E-state index contributed by atoms with van der Waals surface area (Å²) in [5.74, 6) is -0.571. The highest BCUT2D eigenvalue weighted by atomic mass is 35.5. The Bertz CT molecular complexity index is 152. The fraction of sp³-hybridized carbons (Fsp3) is 0.500. The maximum Gasteiger partial charge on any atom is 0.321 e. The molecule has 0 aliphatic carbocycles. The van der Waals surface area contributed by atoms with E-state index in [0.29, 0.717) is 5.75 Å². The third kappa shape index (κ3) is 7.71. The highest BCUT2D eigenvalue weighted by molar-refractivity contribution is 8.03. The molecule has 0 heterocycles. The first kappa shape index (κ1) is 13.4. The van der Waals surface area contributed by atoms with Crippen LogP contribution in [0.3, 0.4) is 0 Å². The highest BCUT2D eigenvalue weighted by Crippen LogP contribution is 2.11. The van der Waals surface area contributed by atoms with Crippen molar-refractivity contribution in [2.45, 2.75) is 13.0 Å². The summed E-state index contributed by atoms with van der Waals surface area (Å²) in [7, 11) is 0. The average Bonchev–Trinajstić information content (AvgIpc) is 1.82. The summed E-state index contributed by atoms with van der Waals surface area (Å²) in [6.45, 7) is 5.42. The second-order valence-electron chi connectivity index (χ2n) is 1.96. The number of rotatable bonds is 4. The third-order valence-electron chi connectivity index (χ3n) is 0.826. The molecule has 0 spiro atoms. The molecule has 5 heteroatoms. The zero-order valence-corrected chi connectivity index (χ0v) is 7.87. The number of carboxylic acids is 1. The minimum absolute atomic E-state index is 0. The molecule has 0 aromatic heterocycles. The first-order valence-electron chi connectivity index (χ1n) is 2.80. The lowest BCUT2D eigenvalue weighted by molar-refractivity contribution is -0.137. The molecule has 0 aromatic carbocycles. The van der Waals surface area contributed by atoms with Crippen molar-refractivity contribution in [1.29, 1.82) is 0 Å². The maximum atomic E-state index is 10.1. The van der Waals surface area contributed by atoms with Gasteiger partial charge in [0.05, 0.1) is 0 Å². The molecule has 0 saturated carbocycles. The van der Waals surface area contributed by atoms with Crippen molar-refractivity contribution in [3.63, 3.8) is 0 Å². The Kier molecular flexibility index (Phi) is 7.94. The molecule has 1 unspecified atom stereocenters. The van der Waals surface area contributed by atoms with Gasteiger partial charge in [0.25, 0.3) is 0 Å². The smallest absolute Gasteiger partial charge is 0.321 e. The molecule has 0 amide bonds. The van der Waals surface area contributed by atoms with Crippen LogP contribution in [0.2, 0.25) is 0 Å². The van der Waals surface area contributed by atoms with Gasteiger partial charge >= 0.3 is 5.97 Å². The molecule has 0 aliphatic rings. The molecule has 0 saturated heterocycles. The number of thioether (sulfide) groups is 1. The number of carboxylic acid groups (broad SMARTS) is 1. The lowest BCUT2D eigenvalue weighted by Gasteiger charge is -2.03. The van der Waals surface area contributed by atoms with Gasteiger partial charge in [0, 0.05) is 5.75 Å². The number of nitrogens with two attached hydrogens (primary N) is 1. The molecule has 66 valence electrons. The van der Waals surface area contributed by atoms with Gasteiger partial charge in [-0.3, -0.25) is 4.79 Å². The van der Waals surface area contributed by atoms with Crippen LogP contribution in [0.5, 0.6) is 0 Å². The summed E-state index contributed by atoms with van der Waals surface area (Å²) in [5.41, 5.74) is 5.20. The van der Waals surface area contributed by atoms with Crippen molar-refractivity contribution in [3.8, 4) is 0 Å². The molecule has 1 atom stereocenters. The first-order valence-corrected chi connectivity index (χ1v) is 3.79. The van der Waals surface area contributed by atoms with E-state index in [1.54, 1.807) is 0 Å². The van der Waals surface area contributed by atoms with Crippen LogP contribution >= 0.6 is 24.2 Å². The van der Waals surface area contributed by atoms with E-state index in [1.807, 2.05) is 6.92 Å². The van der Waals surface area contributed by atoms with Gasteiger partial charge in [0.2, 0.25) is 0 Å². The number of allylic oxidation sites excluding steroid dienone is 1. The van der Waals surface area contributed by atoms with Crippen LogP contribution in [-0.2, 0) is 4.79 Å². The molecule has 3 N–H and O–H groups in total. The van der Waals surface area contributed by atoms with Crippen LogP contribution < -0.4 is 5.73 Å². The monoisotopic (exact) mass is 197 g/mol. The van der Waals surface area contributed by atoms with Crippen molar-refractivity contribution in [1.82, 2.24) is 0 Å². The maximum absolute atomic E-state index is 10.1. The Hall–Kier alpha value is -0.190. The number of hydrogen-bond acceptors (Lipinski definition) is 3. The largest absolute Gasteiger partial charge is 0.480 e. The Morgan fingerprint density at radius 1 is 1.82 bits per heavy atom. The van der Waals surface area contributed by atoms with Crippen molar-refractivity contribution in [2.24, 2.45) is 5.73 Å². The van der Waals surface area contributed by atoms with E-state index in [-0.39, 0.29) is 12.4 Å². The van der Waals surface area contributed by atoms with E-state index < -0.39 is 12.0 Å². The fourth-order valence-corrected chi connectivity index (χ4v) is 0.910. The zero-order chi connectivity index (χ0) is 8.15. The van der Waals surface area contributed by atoms with Crippen molar-refractivity contribution in [3.05, 3.63) is 11.5 Å². The molecule has 0 bridgehead atoms. The SMILES string of the molecule is C=C(C)SCC(N)C(=O)O.Cl. The Morgan fingerprint density at radius 3 is 2.55 bits per heavy atom. The van der Waals surface area contributed by atoms with E-state index in [0.717, 1.165) is 4.91 Å². The van der Waals surface area contributed by atoms with Gasteiger partial charge in [-0.2, -0.15) is 0 Å². The molecule has 0 radical (unpaired) electrons. The van der Waals surface area contributed by atoms with Crippen LogP contribution in [0.4, 0.5) is 0 Å². The molecular weight excluding hydrogens is 186 g/mol. The van der Waals surface area contributed by atoms with Crippen LogP contribution in [0.25, 0.3) is 0 Å². The predicted octanol–water partition coefficient (Wildman–Crippen LogP) is 1.09. The minimum atomic E-state index is -0.964. The molecule has 0 aromatic rings. The molecule has 0 aliphatic heterocycles. The molecule has 11 heavy (non-hydrogen) atoms. The van der Waals surface area contributed by atoms with Crippen molar-refractivity contribution in [2.75, 3.05) is 5.75 Å². The summed E-state index contributed by atoms with van der Waals surface area (Å²) in [4.78, 5) is 11.0. The van der Waals surface area contributed by atoms with Gasteiger partial charge in [-0.25, -0.2) is 0 Å². The first-order chi connectivity index (χ1) is 4.54. The topological polar surface area (TPSA) is 63.3 Å². The summed E-state index contributed by atoms with van der Waals surface area (Å²) < 4.78 is 0. The van der Waals surface area contributed by atoms with E-state index in [4.69, 9.17) is 10.8 Å². The van der Waals surface area contributed by atoms with Crippen molar-refractivity contribution >= 4 is 30.1 Å². The van der Waals surface area contributed by atoms with E-state index in [9.17, 15) is 4.79 Å². The van der Waals surface area contributed by atoms with Gasteiger partial charge < -0.3 is 10.8 Å². The number of carbonyl (C=O) groups is 1. The van der Waals surface area contributed by atoms with Gasteiger partial charge in [0.15, 0.2) is 0 Å². The molecule has 0 rings (SSSR count). The number of hydrogen-bond donors (Lipinski definition) is 2. The third-order valence-corrected chi connectivity index (χ3v) is 1.85. The summed E-state index contributed by atoms with van der Waals surface area (Å²) in [5, 5.41) is 8.33. The average molecular weight is 198 g/mol. The molecule has 0 fully saturated rings. The second-order valence-corrected chi connectivity index (χ2v) is 3.28. The zero-order valence-electron chi connectivity index (χ0n) is 6.24. The standard InChI is InChI=1S/C6H11NO2S.ClH/c1-4(2)10-3-5(7)6(8)9;/h5H,1,3,7H2,2H3,(H,8,9);1H. The van der Waals surface area contributed by atoms with Gasteiger partial charge in [0.1, 0.15) is 6.04 Å². The normalized spacial score (nSPS) is 11.5. The second kappa shape index (κ2) is 6.52. The Morgan fingerprint density at radius 2 is 2.27 bits per heavy atom. The summed E-state index contributed by atoms with van der Waals surface area (Å²) in [6, 6.07) is -0.776. The van der Waals surface area contributed by atoms with Crippen molar-refractivity contribution < 1.29 is 9.90 Å². The minimum Gasteiger partial charge on any atom is -0.480 e. The van der Waals surface area contributed by atoms with Crippen LogP contribution in [0.1, 0.15) is 6.92 Å². The predicted molar refractivity (Wildman–Crippen MR) is 50.1 cm³/mol. The van der Waals surface area contributed by atoms with E-state index in [2.05, 4.69) is 6.58 Å². The van der Waals surface area contributed by atoms with E-state index in [1.165, 1.54) is 11.8 Å². The molecular formula is C6H12ClNO2S. The van der Waals surface area contributed by atoms with Crippen LogP contribution in [-0.4, -0.2) is 22.9 Å². The Labute approximate surface area is 76.4 Å². The summed E-state index contributed by atoms with van der Waals surface area (Å²) >= 11 is 1.37. The quantitative estimate of drug-likeness (QED) is 0.708. The Balaban J connectivity index is 0. The van der Waals surface area contributed by atoms with Gasteiger partial charge in [-0.1, -0.05) is 6.58 Å². The molecule has 3 nitrogen and oxygen atoms in total. The van der Waals surface area contributed by atoms with Crippen LogP contribution in [0, 0.1) is 0 Å². The number of aliphatic carboxylic acids is 1. The summed E-state index contributed by atoms with van der Waals surface area (Å²) in [6.07, 6.45) is 0. The lowest BCUT2D eigenvalue weighted by atomic mass is 10.4.